The number of para-hydroxylation sites is 1. The number of hydrogen-bond donors (Lipinski definition) is 0. The van der Waals surface area contributed by atoms with E-state index in [0.717, 1.165) is 17.7 Å². The second-order valence-corrected chi connectivity index (χ2v) is 9.48. The minimum atomic E-state index is -0.472. The number of nitrogens with zero attached hydrogens (tertiary/aromatic N) is 2. The molecule has 7 heteroatoms. The van der Waals surface area contributed by atoms with Gasteiger partial charge in [-0.15, -0.1) is 11.3 Å². The number of benzene rings is 2. The Hall–Kier alpha value is -3.19. The fourth-order valence-electron chi connectivity index (χ4n) is 4.24. The number of thiophene rings is 1. The predicted molar refractivity (Wildman–Crippen MR) is 132 cm³/mol. The van der Waals surface area contributed by atoms with Gasteiger partial charge in [0.2, 0.25) is 5.91 Å². The van der Waals surface area contributed by atoms with E-state index in [1.54, 1.807) is 22.3 Å². The number of rotatable bonds is 8. The first-order valence-electron chi connectivity index (χ1n) is 11.6. The van der Waals surface area contributed by atoms with Gasteiger partial charge in [-0.3, -0.25) is 9.59 Å². The van der Waals surface area contributed by atoms with Crippen molar-refractivity contribution in [3.8, 4) is 5.75 Å². The lowest BCUT2D eigenvalue weighted by Crippen LogP contribution is -2.49. The Labute approximate surface area is 203 Å². The first-order valence-corrected chi connectivity index (χ1v) is 12.5. The monoisotopic (exact) mass is 480 g/mol. The maximum absolute atomic E-state index is 13.8. The van der Waals surface area contributed by atoms with Crippen molar-refractivity contribution in [2.24, 2.45) is 0 Å². The number of fused-ring (bicyclic) bond motifs is 1. The topological polar surface area (TPSA) is 49.9 Å². The maximum atomic E-state index is 13.8. The molecule has 0 N–H and O–H groups in total. The molecule has 0 radical (unpaired) electrons. The van der Waals surface area contributed by atoms with Gasteiger partial charge in [-0.2, -0.15) is 0 Å². The number of amides is 2. The van der Waals surface area contributed by atoms with Gasteiger partial charge in [0.25, 0.3) is 5.91 Å². The maximum Gasteiger partial charge on any atom is 0.254 e. The summed E-state index contributed by atoms with van der Waals surface area (Å²) in [6, 6.07) is 16.8. The van der Waals surface area contributed by atoms with Crippen LogP contribution >= 0.6 is 11.3 Å². The number of carbonyl (C=O) groups excluding carboxylic acids is 2. The first kappa shape index (κ1) is 24.0. The highest BCUT2D eigenvalue weighted by molar-refractivity contribution is 7.10. The summed E-state index contributed by atoms with van der Waals surface area (Å²) in [6.07, 6.45) is 1.46. The van der Waals surface area contributed by atoms with Crippen molar-refractivity contribution in [2.75, 3.05) is 19.7 Å². The lowest BCUT2D eigenvalue weighted by atomic mass is 10.00. The summed E-state index contributed by atoms with van der Waals surface area (Å²) in [5.74, 6) is -0.198. The van der Waals surface area contributed by atoms with Gasteiger partial charge in [0, 0.05) is 23.0 Å². The Bertz CT molecular complexity index is 1130. The van der Waals surface area contributed by atoms with Crippen LogP contribution in [0.1, 0.15) is 47.1 Å². The average molecular weight is 481 g/mol. The van der Waals surface area contributed by atoms with E-state index in [-0.39, 0.29) is 36.0 Å². The molecule has 3 aromatic rings. The van der Waals surface area contributed by atoms with Crippen LogP contribution in [0.3, 0.4) is 0 Å². The molecule has 4 rings (SSSR count). The second kappa shape index (κ2) is 10.8. The first-order chi connectivity index (χ1) is 16.5. The van der Waals surface area contributed by atoms with E-state index < -0.39 is 5.82 Å². The zero-order valence-electron chi connectivity index (χ0n) is 19.4. The quantitative estimate of drug-likeness (QED) is 0.438. The number of carbonyl (C=O) groups is 2. The third-order valence-electron chi connectivity index (χ3n) is 6.33. The van der Waals surface area contributed by atoms with E-state index in [1.807, 2.05) is 54.5 Å². The zero-order chi connectivity index (χ0) is 24.1. The number of hydrogen-bond acceptors (Lipinski definition) is 4. The molecular weight excluding hydrogens is 451 g/mol. The number of ether oxygens (including phenoxy) is 1. The van der Waals surface area contributed by atoms with Gasteiger partial charge in [0.05, 0.1) is 6.04 Å². The van der Waals surface area contributed by atoms with Gasteiger partial charge in [-0.25, -0.2) is 4.39 Å². The van der Waals surface area contributed by atoms with E-state index in [1.165, 1.54) is 23.1 Å². The van der Waals surface area contributed by atoms with Crippen LogP contribution in [0.5, 0.6) is 5.75 Å². The molecule has 0 aliphatic carbocycles. The summed E-state index contributed by atoms with van der Waals surface area (Å²) in [6.45, 7) is 4.72. The molecule has 5 nitrogen and oxygen atoms in total. The van der Waals surface area contributed by atoms with Crippen LogP contribution < -0.4 is 4.74 Å². The van der Waals surface area contributed by atoms with Crippen LogP contribution in [0.15, 0.2) is 66.0 Å². The second-order valence-electron chi connectivity index (χ2n) is 8.48. The van der Waals surface area contributed by atoms with Gasteiger partial charge in [0.15, 0.2) is 0 Å². The molecule has 2 aromatic carbocycles. The van der Waals surface area contributed by atoms with E-state index in [4.69, 9.17) is 4.74 Å². The lowest BCUT2D eigenvalue weighted by Gasteiger charge is -2.38. The summed E-state index contributed by atoms with van der Waals surface area (Å²) in [7, 11) is 0. The molecule has 1 aromatic heterocycles. The minimum absolute atomic E-state index is 0.0638. The summed E-state index contributed by atoms with van der Waals surface area (Å²) in [4.78, 5) is 31.5. The summed E-state index contributed by atoms with van der Waals surface area (Å²) < 4.78 is 19.8. The molecule has 0 saturated carbocycles. The highest BCUT2D eigenvalue weighted by Crippen LogP contribution is 2.34. The molecule has 2 unspecified atom stereocenters. The Kier molecular flexibility index (Phi) is 7.63. The van der Waals surface area contributed by atoms with E-state index >= 15 is 0 Å². The van der Waals surface area contributed by atoms with Crippen molar-refractivity contribution in [2.45, 2.75) is 38.8 Å². The van der Waals surface area contributed by atoms with Gasteiger partial charge >= 0.3 is 0 Å². The third kappa shape index (κ3) is 5.30. The molecule has 2 heterocycles. The summed E-state index contributed by atoms with van der Waals surface area (Å²) in [5.41, 5.74) is 1.35. The van der Waals surface area contributed by atoms with E-state index in [2.05, 4.69) is 6.07 Å². The Morgan fingerprint density at radius 2 is 1.97 bits per heavy atom. The number of halogens is 1. The van der Waals surface area contributed by atoms with Crippen molar-refractivity contribution >= 4 is 23.2 Å². The molecule has 0 saturated heterocycles. The summed E-state index contributed by atoms with van der Waals surface area (Å²) >= 11 is 1.70. The molecule has 0 fully saturated rings. The Balaban J connectivity index is 1.55. The molecule has 0 bridgehead atoms. The highest BCUT2D eigenvalue weighted by atomic mass is 32.1. The Morgan fingerprint density at radius 3 is 2.71 bits per heavy atom. The predicted octanol–water partition coefficient (Wildman–Crippen LogP) is 5.33. The van der Waals surface area contributed by atoms with Crippen LogP contribution in [-0.2, 0) is 11.2 Å². The molecule has 178 valence electrons. The van der Waals surface area contributed by atoms with Crippen LogP contribution in [0.2, 0.25) is 0 Å². The third-order valence-corrected chi connectivity index (χ3v) is 7.32. The average Bonchev–Trinajstić information content (AvgIpc) is 3.34. The molecule has 0 spiro atoms. The van der Waals surface area contributed by atoms with Gasteiger partial charge in [-0.05, 0) is 67.1 Å². The summed E-state index contributed by atoms with van der Waals surface area (Å²) in [5, 5.41) is 2.05. The van der Waals surface area contributed by atoms with Gasteiger partial charge in [-0.1, -0.05) is 31.2 Å². The largest absolute Gasteiger partial charge is 0.491 e. The smallest absolute Gasteiger partial charge is 0.254 e. The normalized spacial score (nSPS) is 16.0. The van der Waals surface area contributed by atoms with Crippen molar-refractivity contribution in [3.05, 3.63) is 87.9 Å². The fraction of sp³-hybridized carbons (Fsp3) is 0.333. The molecule has 2 amide bonds. The van der Waals surface area contributed by atoms with Gasteiger partial charge < -0.3 is 14.5 Å². The van der Waals surface area contributed by atoms with Crippen LogP contribution in [-0.4, -0.2) is 47.4 Å². The van der Waals surface area contributed by atoms with E-state index in [9.17, 15) is 14.0 Å². The molecule has 2 atom stereocenters. The Morgan fingerprint density at radius 1 is 1.18 bits per heavy atom. The van der Waals surface area contributed by atoms with Crippen molar-refractivity contribution in [3.63, 3.8) is 0 Å². The molecule has 1 aliphatic heterocycles. The molecule has 34 heavy (non-hydrogen) atoms. The van der Waals surface area contributed by atoms with Crippen molar-refractivity contribution < 1.29 is 18.7 Å². The van der Waals surface area contributed by atoms with Crippen LogP contribution in [0, 0.1) is 5.82 Å². The zero-order valence-corrected chi connectivity index (χ0v) is 20.3. The van der Waals surface area contributed by atoms with Crippen molar-refractivity contribution in [1.29, 1.82) is 0 Å². The fourth-order valence-corrected chi connectivity index (χ4v) is 5.17. The molecule has 1 aliphatic rings. The minimum Gasteiger partial charge on any atom is -0.491 e. The highest BCUT2D eigenvalue weighted by Gasteiger charge is 2.34. The SMILES string of the molecule is CCC(C)N(CC(=O)N1CCc2sccc2C1COc1ccccc1)C(=O)c1cccc(F)c1. The van der Waals surface area contributed by atoms with Gasteiger partial charge in [0.1, 0.15) is 24.7 Å². The standard InChI is InChI=1S/C27H29FN2O3S/c1-3-19(2)30(27(32)20-8-7-9-21(28)16-20)17-26(31)29-14-12-25-23(13-15-34-25)24(29)18-33-22-10-5-4-6-11-22/h4-11,13,15-16,19,24H,3,12,14,17-18H2,1-2H3. The van der Waals surface area contributed by atoms with Crippen molar-refractivity contribution in [1.82, 2.24) is 9.80 Å². The lowest BCUT2D eigenvalue weighted by molar-refractivity contribution is -0.136. The van der Waals surface area contributed by atoms with Crippen LogP contribution in [0.4, 0.5) is 4.39 Å². The molecular formula is C27H29FN2O3S. The van der Waals surface area contributed by atoms with E-state index in [0.29, 0.717) is 19.6 Å². The van der Waals surface area contributed by atoms with Crippen LogP contribution in [0.25, 0.3) is 0 Å².